The number of nitrogens with zero attached hydrogens (tertiary/aromatic N) is 2. The van der Waals surface area contributed by atoms with E-state index in [1.807, 2.05) is 0 Å². The predicted octanol–water partition coefficient (Wildman–Crippen LogP) is -0.110. The fourth-order valence-corrected chi connectivity index (χ4v) is 2.02. The summed E-state index contributed by atoms with van der Waals surface area (Å²) in [7, 11) is 1.57. The molecule has 7 heteroatoms. The zero-order valence-corrected chi connectivity index (χ0v) is 10.2. The molecule has 1 fully saturated rings. The Kier molecular flexibility index (Phi) is 3.33. The molecule has 0 aromatic carbocycles. The average Bonchev–Trinajstić information content (AvgIpc) is 2.95. The molecule has 0 spiro atoms. The van der Waals surface area contributed by atoms with E-state index in [4.69, 9.17) is 9.84 Å². The largest absolute Gasteiger partial charge is 0.481 e. The van der Waals surface area contributed by atoms with Crippen LogP contribution in [0.4, 0.5) is 0 Å². The Morgan fingerprint density at radius 3 is 2.83 bits per heavy atom. The number of rotatable bonds is 3. The van der Waals surface area contributed by atoms with Crippen molar-refractivity contribution in [1.29, 1.82) is 0 Å². The smallest absolute Gasteiger partial charge is 0.311 e. The van der Waals surface area contributed by atoms with Crippen LogP contribution in [0.5, 0.6) is 0 Å². The van der Waals surface area contributed by atoms with Crippen LogP contribution in [-0.2, 0) is 9.53 Å². The molecule has 18 heavy (non-hydrogen) atoms. The van der Waals surface area contributed by atoms with Gasteiger partial charge in [0.2, 0.25) is 0 Å². The molecule has 1 aromatic rings. The summed E-state index contributed by atoms with van der Waals surface area (Å²) in [5.74, 6) is -1.93. The van der Waals surface area contributed by atoms with Crippen LogP contribution in [0.1, 0.15) is 16.2 Å². The third-order valence-electron chi connectivity index (χ3n) is 3.11. The van der Waals surface area contributed by atoms with Crippen LogP contribution < -0.4 is 0 Å². The number of H-pyrrole nitrogens is 1. The second kappa shape index (κ2) is 4.77. The molecule has 98 valence electrons. The minimum absolute atomic E-state index is 0.136. The Labute approximate surface area is 104 Å². The number of carboxylic acids is 1. The first-order chi connectivity index (χ1) is 8.50. The van der Waals surface area contributed by atoms with Gasteiger partial charge >= 0.3 is 5.97 Å². The monoisotopic (exact) mass is 253 g/mol. The highest BCUT2D eigenvalue weighted by molar-refractivity contribution is 5.92. The van der Waals surface area contributed by atoms with Crippen LogP contribution in [0.25, 0.3) is 0 Å². The molecule has 1 aliphatic rings. The van der Waals surface area contributed by atoms with Crippen LogP contribution in [0.2, 0.25) is 0 Å². The lowest BCUT2D eigenvalue weighted by Crippen LogP contribution is -2.44. The second-order valence-corrected chi connectivity index (χ2v) is 4.40. The summed E-state index contributed by atoms with van der Waals surface area (Å²) >= 11 is 0. The molecule has 2 heterocycles. The van der Waals surface area contributed by atoms with Gasteiger partial charge in [-0.05, 0) is 13.0 Å². The average molecular weight is 253 g/mol. The number of aliphatic carboxylic acids is 1. The summed E-state index contributed by atoms with van der Waals surface area (Å²) < 4.78 is 5.14. The number of aromatic amines is 1. The zero-order valence-electron chi connectivity index (χ0n) is 10.2. The Bertz CT molecular complexity index is 471. The quantitative estimate of drug-likeness (QED) is 0.783. The molecule has 2 N–H and O–H groups in total. The number of hydrogen-bond acceptors (Lipinski definition) is 4. The maximum absolute atomic E-state index is 12.1. The van der Waals surface area contributed by atoms with Gasteiger partial charge in [-0.1, -0.05) is 0 Å². The molecule has 2 unspecified atom stereocenters. The number of likely N-dealkylation sites (N-methyl/N-ethyl adjacent to an activating group) is 1. The van der Waals surface area contributed by atoms with Crippen molar-refractivity contribution in [3.8, 4) is 0 Å². The van der Waals surface area contributed by atoms with Gasteiger partial charge in [-0.25, -0.2) is 0 Å². The molecule has 0 radical (unpaired) electrons. The summed E-state index contributed by atoms with van der Waals surface area (Å²) in [4.78, 5) is 24.5. The van der Waals surface area contributed by atoms with Gasteiger partial charge < -0.3 is 14.7 Å². The molecule has 2 atom stereocenters. The molecule has 1 aliphatic heterocycles. The lowest BCUT2D eigenvalue weighted by Gasteiger charge is -2.25. The molecule has 1 amide bonds. The van der Waals surface area contributed by atoms with E-state index in [0.717, 1.165) is 5.69 Å². The van der Waals surface area contributed by atoms with Crippen molar-refractivity contribution in [1.82, 2.24) is 15.1 Å². The summed E-state index contributed by atoms with van der Waals surface area (Å²) in [6, 6.07) is 1.18. The fourth-order valence-electron chi connectivity index (χ4n) is 2.02. The molecule has 1 saturated heterocycles. The maximum atomic E-state index is 12.1. The van der Waals surface area contributed by atoms with Crippen molar-refractivity contribution in [2.75, 3.05) is 20.3 Å². The van der Waals surface area contributed by atoms with Gasteiger partial charge in [0.05, 0.1) is 19.3 Å². The van der Waals surface area contributed by atoms with Gasteiger partial charge in [-0.3, -0.25) is 14.7 Å². The normalized spacial score (nSPS) is 23.0. The highest BCUT2D eigenvalue weighted by atomic mass is 16.5. The number of hydrogen-bond donors (Lipinski definition) is 2. The first-order valence-corrected chi connectivity index (χ1v) is 5.60. The van der Waals surface area contributed by atoms with Crippen molar-refractivity contribution >= 4 is 11.9 Å². The molecule has 0 aliphatic carbocycles. The van der Waals surface area contributed by atoms with E-state index in [-0.39, 0.29) is 24.8 Å². The highest BCUT2D eigenvalue weighted by Crippen LogP contribution is 2.20. The summed E-state index contributed by atoms with van der Waals surface area (Å²) in [5.41, 5.74) is 1.07. The van der Waals surface area contributed by atoms with E-state index in [0.29, 0.717) is 0 Å². The predicted molar refractivity (Wildman–Crippen MR) is 61.2 cm³/mol. The first kappa shape index (κ1) is 12.6. The molecule has 7 nitrogen and oxygen atoms in total. The number of aromatic nitrogens is 2. The number of amides is 1. The number of aryl methyl sites for hydroxylation is 1. The molecular weight excluding hydrogens is 238 g/mol. The van der Waals surface area contributed by atoms with Gasteiger partial charge in [-0.15, -0.1) is 0 Å². The van der Waals surface area contributed by atoms with Crippen molar-refractivity contribution in [2.24, 2.45) is 5.92 Å². The number of ether oxygens (including phenoxy) is 1. The van der Waals surface area contributed by atoms with Crippen LogP contribution in [-0.4, -0.2) is 58.4 Å². The number of nitrogens with one attached hydrogen (secondary N) is 1. The maximum Gasteiger partial charge on any atom is 0.311 e. The highest BCUT2D eigenvalue weighted by Gasteiger charge is 2.39. The van der Waals surface area contributed by atoms with Crippen LogP contribution >= 0.6 is 0 Å². The summed E-state index contributed by atoms with van der Waals surface area (Å²) in [5, 5.41) is 15.6. The van der Waals surface area contributed by atoms with Crippen molar-refractivity contribution in [3.63, 3.8) is 0 Å². The Balaban J connectivity index is 2.13. The van der Waals surface area contributed by atoms with Crippen LogP contribution in [0.15, 0.2) is 6.07 Å². The standard InChI is InChI=1S/C11H15N3O4/c1-6-3-8(13-12-6)10(15)14(2)9-5-18-4-7(9)11(16)17/h3,7,9H,4-5H2,1-2H3,(H,12,13)(H,16,17). The molecular formula is C11H15N3O4. The molecule has 1 aromatic heterocycles. The summed E-state index contributed by atoms with van der Waals surface area (Å²) in [6.45, 7) is 2.17. The van der Waals surface area contributed by atoms with Gasteiger partial charge in [0.15, 0.2) is 0 Å². The Morgan fingerprint density at radius 1 is 1.56 bits per heavy atom. The Hall–Kier alpha value is -1.89. The van der Waals surface area contributed by atoms with E-state index < -0.39 is 17.9 Å². The van der Waals surface area contributed by atoms with Crippen LogP contribution in [0.3, 0.4) is 0 Å². The SMILES string of the molecule is Cc1cc(C(=O)N(C)C2COCC2C(=O)O)n[nH]1. The Morgan fingerprint density at radius 2 is 2.28 bits per heavy atom. The zero-order chi connectivity index (χ0) is 13.3. The minimum Gasteiger partial charge on any atom is -0.481 e. The van der Waals surface area contributed by atoms with E-state index in [2.05, 4.69) is 10.2 Å². The number of carboxylic acid groups (broad SMARTS) is 1. The van der Waals surface area contributed by atoms with E-state index in [1.54, 1.807) is 20.0 Å². The lowest BCUT2D eigenvalue weighted by molar-refractivity contribution is -0.142. The van der Waals surface area contributed by atoms with Gasteiger partial charge in [0.25, 0.3) is 5.91 Å². The second-order valence-electron chi connectivity index (χ2n) is 4.40. The van der Waals surface area contributed by atoms with Gasteiger partial charge in [0, 0.05) is 12.7 Å². The molecule has 0 bridgehead atoms. The summed E-state index contributed by atoms with van der Waals surface area (Å²) in [6.07, 6.45) is 0. The lowest BCUT2D eigenvalue weighted by atomic mass is 10.0. The first-order valence-electron chi connectivity index (χ1n) is 5.60. The topological polar surface area (TPSA) is 95.5 Å². The minimum atomic E-state index is -0.949. The third-order valence-corrected chi connectivity index (χ3v) is 3.11. The van der Waals surface area contributed by atoms with Crippen LogP contribution in [0, 0.1) is 12.8 Å². The number of carbonyl (C=O) groups is 2. The van der Waals surface area contributed by atoms with Crippen molar-refractivity contribution < 1.29 is 19.4 Å². The van der Waals surface area contributed by atoms with E-state index in [1.165, 1.54) is 4.90 Å². The fraction of sp³-hybridized carbons (Fsp3) is 0.545. The van der Waals surface area contributed by atoms with E-state index >= 15 is 0 Å². The van der Waals surface area contributed by atoms with Gasteiger partial charge in [0.1, 0.15) is 11.6 Å². The van der Waals surface area contributed by atoms with E-state index in [9.17, 15) is 9.59 Å². The number of carbonyl (C=O) groups excluding carboxylic acids is 1. The van der Waals surface area contributed by atoms with Crippen molar-refractivity contribution in [3.05, 3.63) is 17.5 Å². The van der Waals surface area contributed by atoms with Crippen molar-refractivity contribution in [2.45, 2.75) is 13.0 Å². The third kappa shape index (κ3) is 2.21. The molecule has 0 saturated carbocycles. The molecule has 2 rings (SSSR count). The van der Waals surface area contributed by atoms with Gasteiger partial charge in [-0.2, -0.15) is 5.10 Å².